The minimum atomic E-state index is 0.115. The number of rotatable bonds is 1. The van der Waals surface area contributed by atoms with Crippen LogP contribution in [0.25, 0.3) is 0 Å². The second kappa shape index (κ2) is 4.66. The number of carbonyl (C=O) groups is 1. The Bertz CT molecular complexity index is 340. The molecule has 0 aliphatic carbocycles. The number of thiophene rings is 1. The summed E-state index contributed by atoms with van der Waals surface area (Å²) >= 11 is 1.44. The third kappa shape index (κ3) is 2.31. The molecule has 4 heteroatoms. The minimum Gasteiger partial charge on any atom is -0.397 e. The second-order valence-corrected chi connectivity index (χ2v) is 4.83. The van der Waals surface area contributed by atoms with Crippen molar-refractivity contribution in [3.05, 3.63) is 16.3 Å². The van der Waals surface area contributed by atoms with Gasteiger partial charge in [0.15, 0.2) is 0 Å². The lowest BCUT2D eigenvalue weighted by molar-refractivity contribution is 0.0767. The number of carbonyl (C=O) groups excluding carboxylic acids is 1. The van der Waals surface area contributed by atoms with Crippen molar-refractivity contribution in [1.29, 1.82) is 0 Å². The molecule has 1 aliphatic heterocycles. The molecular formula is C11H16N2OS. The average molecular weight is 224 g/mol. The molecule has 2 rings (SSSR count). The summed E-state index contributed by atoms with van der Waals surface area (Å²) in [6, 6.07) is 1.80. The van der Waals surface area contributed by atoms with E-state index in [1.807, 2.05) is 10.3 Å². The van der Waals surface area contributed by atoms with Crippen LogP contribution < -0.4 is 5.73 Å². The molecule has 1 aliphatic rings. The van der Waals surface area contributed by atoms with E-state index in [1.165, 1.54) is 24.2 Å². The van der Waals surface area contributed by atoms with Gasteiger partial charge in [0.2, 0.25) is 0 Å². The van der Waals surface area contributed by atoms with Crippen LogP contribution in [0.4, 0.5) is 5.69 Å². The summed E-state index contributed by atoms with van der Waals surface area (Å²) in [6.45, 7) is 1.77. The molecule has 0 bridgehead atoms. The molecular weight excluding hydrogens is 208 g/mol. The maximum absolute atomic E-state index is 12.1. The molecule has 0 unspecified atom stereocenters. The van der Waals surface area contributed by atoms with Gasteiger partial charge in [-0.3, -0.25) is 4.79 Å². The van der Waals surface area contributed by atoms with Crippen molar-refractivity contribution in [2.75, 3.05) is 18.8 Å². The van der Waals surface area contributed by atoms with Crippen LogP contribution in [-0.2, 0) is 0 Å². The number of likely N-dealkylation sites (tertiary alicyclic amines) is 1. The Balaban J connectivity index is 2.09. The van der Waals surface area contributed by atoms with Gasteiger partial charge in [0.1, 0.15) is 4.88 Å². The Morgan fingerprint density at radius 1 is 1.27 bits per heavy atom. The van der Waals surface area contributed by atoms with Gasteiger partial charge in [0.05, 0.1) is 5.69 Å². The zero-order chi connectivity index (χ0) is 10.7. The normalized spacial score (nSPS) is 17.5. The maximum atomic E-state index is 12.1. The highest BCUT2D eigenvalue weighted by molar-refractivity contribution is 7.12. The van der Waals surface area contributed by atoms with Crippen molar-refractivity contribution in [2.24, 2.45) is 0 Å². The van der Waals surface area contributed by atoms with Crippen LogP contribution in [0.3, 0.4) is 0 Å². The molecule has 0 saturated carbocycles. The average Bonchev–Trinajstić information content (AvgIpc) is 2.53. The molecule has 1 saturated heterocycles. The Hall–Kier alpha value is -1.03. The fourth-order valence-corrected chi connectivity index (χ4v) is 2.70. The van der Waals surface area contributed by atoms with Gasteiger partial charge in [-0.05, 0) is 24.3 Å². The van der Waals surface area contributed by atoms with Crippen LogP contribution >= 0.6 is 11.3 Å². The van der Waals surface area contributed by atoms with Crippen LogP contribution in [0.5, 0.6) is 0 Å². The highest BCUT2D eigenvalue weighted by atomic mass is 32.1. The summed E-state index contributed by atoms with van der Waals surface area (Å²) in [5.41, 5.74) is 6.37. The van der Waals surface area contributed by atoms with Gasteiger partial charge in [-0.1, -0.05) is 12.8 Å². The zero-order valence-corrected chi connectivity index (χ0v) is 9.55. The van der Waals surface area contributed by atoms with Crippen LogP contribution in [0, 0.1) is 0 Å². The van der Waals surface area contributed by atoms with Gasteiger partial charge in [-0.2, -0.15) is 0 Å². The lowest BCUT2D eigenvalue weighted by Crippen LogP contribution is -2.31. The first-order chi connectivity index (χ1) is 7.29. The van der Waals surface area contributed by atoms with Crippen molar-refractivity contribution in [3.8, 4) is 0 Å². The predicted molar refractivity (Wildman–Crippen MR) is 63.1 cm³/mol. The van der Waals surface area contributed by atoms with Gasteiger partial charge < -0.3 is 10.6 Å². The van der Waals surface area contributed by atoms with Gasteiger partial charge >= 0.3 is 0 Å². The van der Waals surface area contributed by atoms with Crippen LogP contribution in [0.15, 0.2) is 11.4 Å². The molecule has 1 fully saturated rings. The van der Waals surface area contributed by atoms with Crippen molar-refractivity contribution in [1.82, 2.24) is 4.90 Å². The lowest BCUT2D eigenvalue weighted by atomic mass is 10.2. The highest BCUT2D eigenvalue weighted by Crippen LogP contribution is 2.22. The summed E-state index contributed by atoms with van der Waals surface area (Å²) in [5.74, 6) is 0.115. The number of nitrogens with zero attached hydrogens (tertiary/aromatic N) is 1. The van der Waals surface area contributed by atoms with E-state index in [9.17, 15) is 4.79 Å². The molecule has 1 amide bonds. The zero-order valence-electron chi connectivity index (χ0n) is 8.74. The van der Waals surface area contributed by atoms with E-state index < -0.39 is 0 Å². The third-order valence-corrected chi connectivity index (χ3v) is 3.70. The van der Waals surface area contributed by atoms with E-state index in [2.05, 4.69) is 0 Å². The Morgan fingerprint density at radius 3 is 2.47 bits per heavy atom. The Kier molecular flexibility index (Phi) is 3.26. The second-order valence-electron chi connectivity index (χ2n) is 3.91. The number of nitrogens with two attached hydrogens (primary N) is 1. The first-order valence-electron chi connectivity index (χ1n) is 5.41. The van der Waals surface area contributed by atoms with E-state index in [-0.39, 0.29) is 5.91 Å². The lowest BCUT2D eigenvalue weighted by Gasteiger charge is -2.19. The van der Waals surface area contributed by atoms with Crippen LogP contribution in [-0.4, -0.2) is 23.9 Å². The molecule has 0 aromatic carbocycles. The monoisotopic (exact) mass is 224 g/mol. The maximum Gasteiger partial charge on any atom is 0.266 e. The quantitative estimate of drug-likeness (QED) is 0.796. The van der Waals surface area contributed by atoms with Crippen LogP contribution in [0.1, 0.15) is 35.4 Å². The summed E-state index contributed by atoms with van der Waals surface area (Å²) in [4.78, 5) is 14.7. The highest BCUT2D eigenvalue weighted by Gasteiger charge is 2.19. The molecule has 15 heavy (non-hydrogen) atoms. The number of hydrogen-bond acceptors (Lipinski definition) is 3. The van der Waals surface area contributed by atoms with E-state index in [1.54, 1.807) is 6.07 Å². The standard InChI is InChI=1S/C11H16N2OS/c12-9-5-8-15-10(9)11(14)13-6-3-1-2-4-7-13/h5,8H,1-4,6-7,12H2. The van der Waals surface area contributed by atoms with E-state index >= 15 is 0 Å². The minimum absolute atomic E-state index is 0.115. The first kappa shape index (κ1) is 10.5. The molecule has 82 valence electrons. The molecule has 0 radical (unpaired) electrons. The first-order valence-corrected chi connectivity index (χ1v) is 6.29. The topological polar surface area (TPSA) is 46.3 Å². The molecule has 0 spiro atoms. The smallest absolute Gasteiger partial charge is 0.266 e. The summed E-state index contributed by atoms with van der Waals surface area (Å²) in [5, 5.41) is 1.88. The van der Waals surface area contributed by atoms with Gasteiger partial charge in [-0.15, -0.1) is 11.3 Å². The molecule has 2 heterocycles. The molecule has 3 nitrogen and oxygen atoms in total. The predicted octanol–water partition coefficient (Wildman–Crippen LogP) is 2.35. The number of nitrogen functional groups attached to an aromatic ring is 1. The molecule has 2 N–H and O–H groups in total. The van der Waals surface area contributed by atoms with Gasteiger partial charge in [-0.25, -0.2) is 0 Å². The van der Waals surface area contributed by atoms with Gasteiger partial charge in [0, 0.05) is 13.1 Å². The summed E-state index contributed by atoms with van der Waals surface area (Å²) in [6.07, 6.45) is 4.72. The fraction of sp³-hybridized carbons (Fsp3) is 0.545. The summed E-state index contributed by atoms with van der Waals surface area (Å²) < 4.78 is 0. The number of anilines is 1. The molecule has 0 atom stereocenters. The Morgan fingerprint density at radius 2 is 1.93 bits per heavy atom. The molecule has 1 aromatic heterocycles. The number of amides is 1. The largest absolute Gasteiger partial charge is 0.397 e. The molecule has 1 aromatic rings. The van der Waals surface area contributed by atoms with Crippen LogP contribution in [0.2, 0.25) is 0 Å². The van der Waals surface area contributed by atoms with E-state index in [4.69, 9.17) is 5.73 Å². The van der Waals surface area contributed by atoms with E-state index in [0.29, 0.717) is 10.6 Å². The summed E-state index contributed by atoms with van der Waals surface area (Å²) in [7, 11) is 0. The number of hydrogen-bond donors (Lipinski definition) is 1. The van der Waals surface area contributed by atoms with Crippen molar-refractivity contribution < 1.29 is 4.79 Å². The van der Waals surface area contributed by atoms with Gasteiger partial charge in [0.25, 0.3) is 5.91 Å². The third-order valence-electron chi connectivity index (χ3n) is 2.78. The fourth-order valence-electron chi connectivity index (χ4n) is 1.91. The van der Waals surface area contributed by atoms with E-state index in [0.717, 1.165) is 25.9 Å². The SMILES string of the molecule is Nc1ccsc1C(=O)N1CCCCCC1. The Labute approximate surface area is 93.9 Å². The van der Waals surface area contributed by atoms with Crippen molar-refractivity contribution in [3.63, 3.8) is 0 Å². The van der Waals surface area contributed by atoms with Crippen molar-refractivity contribution >= 4 is 22.9 Å². The van der Waals surface area contributed by atoms with Crippen molar-refractivity contribution in [2.45, 2.75) is 25.7 Å².